The van der Waals surface area contributed by atoms with Crippen molar-refractivity contribution in [3.8, 4) is 0 Å². The third kappa shape index (κ3) is 2.83. The highest BCUT2D eigenvalue weighted by Crippen LogP contribution is 2.23. The number of likely N-dealkylation sites (N-methyl/N-ethyl adjacent to an activating group) is 2. The Morgan fingerprint density at radius 2 is 2.26 bits per heavy atom. The Labute approximate surface area is 115 Å². The second kappa shape index (κ2) is 5.61. The van der Waals surface area contributed by atoms with Crippen molar-refractivity contribution in [1.82, 2.24) is 24.7 Å². The van der Waals surface area contributed by atoms with Crippen LogP contribution in [0.2, 0.25) is 0 Å². The normalized spacial score (nSPS) is 30.0. The number of rotatable bonds is 3. The first-order chi connectivity index (χ1) is 9.24. The predicted molar refractivity (Wildman–Crippen MR) is 76.1 cm³/mol. The van der Waals surface area contributed by atoms with Gasteiger partial charge in [-0.05, 0) is 33.5 Å². The van der Waals surface area contributed by atoms with Crippen molar-refractivity contribution in [2.24, 2.45) is 0 Å². The van der Waals surface area contributed by atoms with E-state index in [0.29, 0.717) is 12.1 Å². The number of imidazole rings is 1. The molecule has 2 fully saturated rings. The molecule has 0 saturated carbocycles. The second-order valence-corrected chi connectivity index (χ2v) is 6.02. The van der Waals surface area contributed by atoms with Gasteiger partial charge < -0.3 is 14.8 Å². The molecular formula is C14H25N5. The maximum Gasteiger partial charge on any atom is 0.0949 e. The van der Waals surface area contributed by atoms with E-state index in [1.807, 2.05) is 12.5 Å². The molecule has 0 radical (unpaired) electrons. The fraction of sp³-hybridized carbons (Fsp3) is 0.786. The minimum Gasteiger partial charge on any atom is -0.332 e. The minimum absolute atomic E-state index is 0.508. The average molecular weight is 263 g/mol. The van der Waals surface area contributed by atoms with Crippen LogP contribution in [0.25, 0.3) is 0 Å². The molecule has 5 nitrogen and oxygen atoms in total. The molecule has 0 bridgehead atoms. The third-order valence-electron chi connectivity index (χ3n) is 4.55. The number of piperazine rings is 1. The molecule has 0 aromatic carbocycles. The summed E-state index contributed by atoms with van der Waals surface area (Å²) in [6.07, 6.45) is 6.56. The van der Waals surface area contributed by atoms with Crippen molar-refractivity contribution >= 4 is 0 Å². The van der Waals surface area contributed by atoms with Crippen LogP contribution in [0.1, 0.15) is 24.6 Å². The Morgan fingerprint density at radius 1 is 1.37 bits per heavy atom. The zero-order valence-electron chi connectivity index (χ0n) is 12.0. The van der Waals surface area contributed by atoms with E-state index in [1.165, 1.54) is 25.1 Å². The zero-order chi connectivity index (χ0) is 13.2. The minimum atomic E-state index is 0.508. The molecule has 2 aliphatic rings. The summed E-state index contributed by atoms with van der Waals surface area (Å²) in [7, 11) is 4.45. The number of aromatic nitrogens is 2. The van der Waals surface area contributed by atoms with Crippen molar-refractivity contribution in [3.63, 3.8) is 0 Å². The van der Waals surface area contributed by atoms with Crippen LogP contribution in [-0.4, -0.2) is 65.7 Å². The van der Waals surface area contributed by atoms with Gasteiger partial charge in [-0.2, -0.15) is 0 Å². The van der Waals surface area contributed by atoms with Gasteiger partial charge in [-0.1, -0.05) is 0 Å². The van der Waals surface area contributed by atoms with Gasteiger partial charge in [0.05, 0.1) is 12.0 Å². The van der Waals surface area contributed by atoms with Gasteiger partial charge in [-0.25, -0.2) is 4.98 Å². The quantitative estimate of drug-likeness (QED) is 0.864. The smallest absolute Gasteiger partial charge is 0.0949 e. The number of hydrogen-bond acceptors (Lipinski definition) is 4. The zero-order valence-corrected chi connectivity index (χ0v) is 12.0. The van der Waals surface area contributed by atoms with E-state index < -0.39 is 0 Å². The Kier molecular flexibility index (Phi) is 3.86. The van der Waals surface area contributed by atoms with E-state index >= 15 is 0 Å². The fourth-order valence-electron chi connectivity index (χ4n) is 3.24. The summed E-state index contributed by atoms with van der Waals surface area (Å²) >= 11 is 0. The Morgan fingerprint density at radius 3 is 3.05 bits per heavy atom. The molecule has 2 saturated heterocycles. The Balaban J connectivity index is 1.70. The molecule has 0 spiro atoms. The largest absolute Gasteiger partial charge is 0.332 e. The average Bonchev–Trinajstić information content (AvgIpc) is 3.03. The third-order valence-corrected chi connectivity index (χ3v) is 4.55. The van der Waals surface area contributed by atoms with E-state index in [0.717, 1.165) is 26.2 Å². The lowest BCUT2D eigenvalue weighted by atomic mass is 10.1. The number of nitrogens with one attached hydrogen (secondary N) is 1. The molecule has 0 aliphatic carbocycles. The van der Waals surface area contributed by atoms with Crippen LogP contribution >= 0.6 is 0 Å². The topological polar surface area (TPSA) is 36.3 Å². The van der Waals surface area contributed by atoms with Crippen molar-refractivity contribution < 1.29 is 0 Å². The predicted octanol–water partition coefficient (Wildman–Crippen LogP) is 0.553. The van der Waals surface area contributed by atoms with Crippen molar-refractivity contribution in [2.45, 2.75) is 31.5 Å². The van der Waals surface area contributed by atoms with Gasteiger partial charge in [-0.3, -0.25) is 4.90 Å². The first-order valence-electron chi connectivity index (χ1n) is 7.36. The SMILES string of the molecule is CN1CCN(C)C(Cn2cncc2[C@@H]2CCCN2)C1. The molecule has 106 valence electrons. The highest BCUT2D eigenvalue weighted by atomic mass is 15.3. The summed E-state index contributed by atoms with van der Waals surface area (Å²) in [5, 5.41) is 3.57. The first-order valence-corrected chi connectivity index (χ1v) is 7.36. The molecule has 1 N–H and O–H groups in total. The van der Waals surface area contributed by atoms with Gasteiger partial charge >= 0.3 is 0 Å². The summed E-state index contributed by atoms with van der Waals surface area (Å²) in [5.41, 5.74) is 1.36. The Hall–Kier alpha value is -0.910. The van der Waals surface area contributed by atoms with Crippen molar-refractivity contribution in [1.29, 1.82) is 0 Å². The molecule has 19 heavy (non-hydrogen) atoms. The van der Waals surface area contributed by atoms with Crippen LogP contribution in [-0.2, 0) is 6.54 Å². The molecule has 2 aliphatic heterocycles. The molecule has 1 unspecified atom stereocenters. The van der Waals surface area contributed by atoms with Crippen LogP contribution in [0.3, 0.4) is 0 Å². The monoisotopic (exact) mass is 263 g/mol. The van der Waals surface area contributed by atoms with Gasteiger partial charge in [-0.15, -0.1) is 0 Å². The van der Waals surface area contributed by atoms with Gasteiger partial charge in [0.15, 0.2) is 0 Å². The summed E-state index contributed by atoms with van der Waals surface area (Å²) in [6, 6.07) is 1.10. The lowest BCUT2D eigenvalue weighted by molar-refractivity contribution is 0.102. The van der Waals surface area contributed by atoms with Crippen LogP contribution in [0.15, 0.2) is 12.5 Å². The molecule has 3 rings (SSSR count). The molecule has 5 heteroatoms. The maximum atomic E-state index is 4.37. The lowest BCUT2D eigenvalue weighted by Gasteiger charge is -2.38. The summed E-state index contributed by atoms with van der Waals surface area (Å²) in [5.74, 6) is 0. The highest BCUT2D eigenvalue weighted by Gasteiger charge is 2.25. The molecule has 3 heterocycles. The van der Waals surface area contributed by atoms with E-state index in [9.17, 15) is 0 Å². The molecular weight excluding hydrogens is 238 g/mol. The van der Waals surface area contributed by atoms with Gasteiger partial charge in [0.1, 0.15) is 0 Å². The van der Waals surface area contributed by atoms with Gasteiger partial charge in [0.25, 0.3) is 0 Å². The number of hydrogen-bond donors (Lipinski definition) is 1. The van der Waals surface area contributed by atoms with E-state index in [2.05, 4.69) is 38.8 Å². The summed E-state index contributed by atoms with van der Waals surface area (Å²) in [6.45, 7) is 5.67. The highest BCUT2D eigenvalue weighted by molar-refractivity contribution is 5.07. The Bertz CT molecular complexity index is 410. The summed E-state index contributed by atoms with van der Waals surface area (Å²) < 4.78 is 2.35. The van der Waals surface area contributed by atoms with Crippen molar-refractivity contribution in [3.05, 3.63) is 18.2 Å². The van der Waals surface area contributed by atoms with Crippen LogP contribution in [0, 0.1) is 0 Å². The van der Waals surface area contributed by atoms with Crippen molar-refractivity contribution in [2.75, 3.05) is 40.3 Å². The van der Waals surface area contributed by atoms with Crippen LogP contribution in [0.4, 0.5) is 0 Å². The molecule has 1 aromatic heterocycles. The first kappa shape index (κ1) is 13.1. The lowest BCUT2D eigenvalue weighted by Crippen LogP contribution is -2.51. The number of nitrogens with zero attached hydrogens (tertiary/aromatic N) is 4. The van der Waals surface area contributed by atoms with Gasteiger partial charge in [0, 0.05) is 44.5 Å². The van der Waals surface area contributed by atoms with Crippen LogP contribution in [0.5, 0.6) is 0 Å². The molecule has 2 atom stereocenters. The molecule has 1 aromatic rings. The maximum absolute atomic E-state index is 4.37. The standard InChI is InChI=1S/C14H25N5/c1-17-6-7-18(2)12(9-17)10-19-11-15-8-14(19)13-4-3-5-16-13/h8,11-13,16H,3-7,9-10H2,1-2H3/t12?,13-/m0/s1. The fourth-order valence-corrected chi connectivity index (χ4v) is 3.24. The second-order valence-electron chi connectivity index (χ2n) is 6.02. The van der Waals surface area contributed by atoms with Crippen LogP contribution < -0.4 is 5.32 Å². The van der Waals surface area contributed by atoms with Gasteiger partial charge in [0.2, 0.25) is 0 Å². The van der Waals surface area contributed by atoms with E-state index in [-0.39, 0.29) is 0 Å². The molecule has 0 amide bonds. The van der Waals surface area contributed by atoms with E-state index in [4.69, 9.17) is 0 Å². The summed E-state index contributed by atoms with van der Waals surface area (Å²) in [4.78, 5) is 9.27. The van der Waals surface area contributed by atoms with E-state index in [1.54, 1.807) is 0 Å².